The first-order valence-electron chi connectivity index (χ1n) is 8.49. The van der Waals surface area contributed by atoms with Crippen molar-refractivity contribution >= 4 is 17.5 Å². The number of rotatable bonds is 4. The molecule has 3 heterocycles. The zero-order valence-corrected chi connectivity index (χ0v) is 15.3. The Bertz CT molecular complexity index is 756. The van der Waals surface area contributed by atoms with E-state index in [1.54, 1.807) is 6.07 Å². The lowest BCUT2D eigenvalue weighted by Gasteiger charge is -2.23. The maximum Gasteiger partial charge on any atom is 0.270 e. The fourth-order valence-corrected chi connectivity index (χ4v) is 3.07. The quantitative estimate of drug-likeness (QED) is 0.910. The molecule has 1 amide bonds. The zero-order chi connectivity index (χ0) is 17.8. The topological polar surface area (TPSA) is 64.1 Å². The van der Waals surface area contributed by atoms with Crippen molar-refractivity contribution in [1.82, 2.24) is 15.3 Å². The Kier molecular flexibility index (Phi) is 5.66. The molecule has 0 aliphatic carbocycles. The summed E-state index contributed by atoms with van der Waals surface area (Å²) in [5.74, 6) is -0.182. The van der Waals surface area contributed by atoms with Crippen molar-refractivity contribution in [3.8, 4) is 0 Å². The van der Waals surface area contributed by atoms with E-state index in [0.717, 1.165) is 36.3 Å². The first-order valence-corrected chi connectivity index (χ1v) is 8.87. The second-order valence-electron chi connectivity index (χ2n) is 6.44. The summed E-state index contributed by atoms with van der Waals surface area (Å²) in [5, 5.41) is 3.59. The molecule has 0 aromatic carbocycles. The normalized spacial score (nSPS) is 17.3. The van der Waals surface area contributed by atoms with Gasteiger partial charge in [0, 0.05) is 24.9 Å². The van der Waals surface area contributed by atoms with Crippen molar-refractivity contribution in [2.24, 2.45) is 0 Å². The van der Waals surface area contributed by atoms with E-state index in [2.05, 4.69) is 15.3 Å². The Morgan fingerprint density at radius 1 is 1.40 bits per heavy atom. The van der Waals surface area contributed by atoms with E-state index >= 15 is 0 Å². The van der Waals surface area contributed by atoms with Crippen LogP contribution in [-0.4, -0.2) is 35.1 Å². The summed E-state index contributed by atoms with van der Waals surface area (Å²) >= 11 is 6.41. The number of nitrogens with one attached hydrogen (secondary N) is 1. The molecular weight excluding hydrogens is 338 g/mol. The van der Waals surface area contributed by atoms with Crippen molar-refractivity contribution in [2.75, 3.05) is 13.2 Å². The molecule has 132 valence electrons. The number of halogens is 1. The van der Waals surface area contributed by atoms with Crippen LogP contribution in [0.3, 0.4) is 0 Å². The van der Waals surface area contributed by atoms with Crippen LogP contribution in [0.25, 0.3) is 0 Å². The summed E-state index contributed by atoms with van der Waals surface area (Å²) in [6.45, 7) is 5.09. The monoisotopic (exact) mass is 359 g/mol. The third-order valence-corrected chi connectivity index (χ3v) is 4.81. The van der Waals surface area contributed by atoms with Crippen LogP contribution < -0.4 is 5.32 Å². The van der Waals surface area contributed by atoms with Crippen LogP contribution in [0.2, 0.25) is 5.02 Å². The van der Waals surface area contributed by atoms with Gasteiger partial charge in [0.1, 0.15) is 5.69 Å². The molecule has 0 spiro atoms. The van der Waals surface area contributed by atoms with Crippen molar-refractivity contribution in [2.45, 2.75) is 39.2 Å². The number of aryl methyl sites for hydroxylation is 2. The number of pyridine rings is 2. The largest absolute Gasteiger partial charge is 0.379 e. The van der Waals surface area contributed by atoms with E-state index in [4.69, 9.17) is 16.3 Å². The number of hydrogen-bond donors (Lipinski definition) is 1. The molecule has 1 aliphatic heterocycles. The van der Waals surface area contributed by atoms with Crippen molar-refractivity contribution < 1.29 is 9.53 Å². The lowest BCUT2D eigenvalue weighted by molar-refractivity contribution is 0.0622. The van der Waals surface area contributed by atoms with E-state index in [1.807, 2.05) is 32.2 Å². The average Bonchev–Trinajstić information content (AvgIpc) is 2.61. The van der Waals surface area contributed by atoms with Crippen LogP contribution in [0, 0.1) is 13.8 Å². The fraction of sp³-hybridized carbons (Fsp3) is 0.421. The number of carbonyl (C=O) groups excluding carboxylic acids is 1. The summed E-state index contributed by atoms with van der Waals surface area (Å²) in [5.41, 5.74) is 3.94. The lowest BCUT2D eigenvalue weighted by Crippen LogP contribution is -2.41. The van der Waals surface area contributed by atoms with E-state index in [9.17, 15) is 4.79 Å². The van der Waals surface area contributed by atoms with Gasteiger partial charge in [-0.15, -0.1) is 0 Å². The Morgan fingerprint density at radius 2 is 2.24 bits per heavy atom. The van der Waals surface area contributed by atoms with Crippen LogP contribution >= 0.6 is 11.6 Å². The number of aromatic nitrogens is 2. The Balaban J connectivity index is 1.79. The second-order valence-corrected chi connectivity index (χ2v) is 6.82. The van der Waals surface area contributed by atoms with Crippen LogP contribution in [0.4, 0.5) is 0 Å². The molecular formula is C19H22ClN3O2. The summed E-state index contributed by atoms with van der Waals surface area (Å²) in [6, 6.07) is 5.80. The first kappa shape index (κ1) is 17.8. The number of ether oxygens (including phenoxy) is 1. The van der Waals surface area contributed by atoms with Crippen molar-refractivity contribution in [3.05, 3.63) is 57.6 Å². The molecule has 1 saturated heterocycles. The minimum atomic E-state index is -0.182. The van der Waals surface area contributed by atoms with Crippen molar-refractivity contribution in [3.63, 3.8) is 0 Å². The summed E-state index contributed by atoms with van der Waals surface area (Å²) < 4.78 is 5.41. The van der Waals surface area contributed by atoms with Gasteiger partial charge in [-0.05, 0) is 49.9 Å². The molecule has 0 saturated carbocycles. The van der Waals surface area contributed by atoms with E-state index in [1.165, 1.54) is 0 Å². The molecule has 2 aromatic heterocycles. The van der Waals surface area contributed by atoms with Gasteiger partial charge in [-0.25, -0.2) is 4.98 Å². The first-order chi connectivity index (χ1) is 12.0. The molecule has 2 aromatic rings. The van der Waals surface area contributed by atoms with Crippen LogP contribution in [0.15, 0.2) is 24.4 Å². The third-order valence-electron chi connectivity index (χ3n) is 4.29. The van der Waals surface area contributed by atoms with Crippen LogP contribution in [-0.2, 0) is 11.2 Å². The molecule has 1 N–H and O–H groups in total. The number of amides is 1. The van der Waals surface area contributed by atoms with E-state index in [-0.39, 0.29) is 11.9 Å². The zero-order valence-electron chi connectivity index (χ0n) is 14.5. The van der Waals surface area contributed by atoms with Gasteiger partial charge >= 0.3 is 0 Å². The van der Waals surface area contributed by atoms with E-state index in [0.29, 0.717) is 29.4 Å². The summed E-state index contributed by atoms with van der Waals surface area (Å²) in [7, 11) is 0. The van der Waals surface area contributed by atoms with Gasteiger partial charge in [0.25, 0.3) is 5.91 Å². The molecule has 3 rings (SSSR count). The standard InChI is InChI=1S/C19H22ClN3O2/c1-12-5-6-14(10-21-12)8-15-9-17(22-13(2)18(15)20)19(24)23-16-4-3-7-25-11-16/h5-6,9-10,16H,3-4,7-8,11H2,1-2H3,(H,23,24). The molecule has 0 bridgehead atoms. The molecule has 1 fully saturated rings. The molecule has 5 nitrogen and oxygen atoms in total. The van der Waals surface area contributed by atoms with Gasteiger partial charge in [-0.2, -0.15) is 0 Å². The number of hydrogen-bond acceptors (Lipinski definition) is 4. The molecule has 0 radical (unpaired) electrons. The average molecular weight is 360 g/mol. The van der Waals surface area contributed by atoms with Crippen LogP contribution in [0.1, 0.15) is 45.8 Å². The van der Waals surface area contributed by atoms with Gasteiger partial charge in [-0.1, -0.05) is 17.7 Å². The van der Waals surface area contributed by atoms with Gasteiger partial charge < -0.3 is 10.1 Å². The van der Waals surface area contributed by atoms with Gasteiger partial charge in [0.15, 0.2) is 0 Å². The Labute approximate surface area is 152 Å². The van der Waals surface area contributed by atoms with E-state index < -0.39 is 0 Å². The highest BCUT2D eigenvalue weighted by atomic mass is 35.5. The van der Waals surface area contributed by atoms with Crippen LogP contribution in [0.5, 0.6) is 0 Å². The van der Waals surface area contributed by atoms with Gasteiger partial charge in [-0.3, -0.25) is 9.78 Å². The fourth-order valence-electron chi connectivity index (χ4n) is 2.90. The second kappa shape index (κ2) is 7.93. The molecule has 6 heteroatoms. The van der Waals surface area contributed by atoms with Gasteiger partial charge in [0.05, 0.1) is 23.4 Å². The number of carbonyl (C=O) groups is 1. The molecule has 1 unspecified atom stereocenters. The summed E-state index contributed by atoms with van der Waals surface area (Å²) in [4.78, 5) is 21.2. The Hall–Kier alpha value is -1.98. The lowest BCUT2D eigenvalue weighted by atomic mass is 10.0. The predicted octanol–water partition coefficient (Wildman–Crippen LogP) is 3.25. The third kappa shape index (κ3) is 4.55. The molecule has 25 heavy (non-hydrogen) atoms. The highest BCUT2D eigenvalue weighted by Crippen LogP contribution is 2.23. The smallest absolute Gasteiger partial charge is 0.270 e. The minimum absolute atomic E-state index is 0.0452. The predicted molar refractivity (Wildman–Crippen MR) is 97.1 cm³/mol. The highest BCUT2D eigenvalue weighted by Gasteiger charge is 2.19. The number of nitrogens with zero attached hydrogens (tertiary/aromatic N) is 2. The molecule has 1 aliphatic rings. The summed E-state index contributed by atoms with van der Waals surface area (Å²) in [6.07, 6.45) is 4.34. The van der Waals surface area contributed by atoms with Crippen molar-refractivity contribution in [1.29, 1.82) is 0 Å². The Morgan fingerprint density at radius 3 is 2.92 bits per heavy atom. The molecule has 1 atom stereocenters. The maximum atomic E-state index is 12.5. The highest BCUT2D eigenvalue weighted by molar-refractivity contribution is 6.32. The minimum Gasteiger partial charge on any atom is -0.379 e. The SMILES string of the molecule is Cc1ccc(Cc2cc(C(=O)NC3CCCOC3)nc(C)c2Cl)cn1. The van der Waals surface area contributed by atoms with Gasteiger partial charge in [0.2, 0.25) is 0 Å². The maximum absolute atomic E-state index is 12.5.